The van der Waals surface area contributed by atoms with E-state index in [4.69, 9.17) is 14.7 Å². The van der Waals surface area contributed by atoms with Gasteiger partial charge in [0.25, 0.3) is 5.69 Å². The lowest BCUT2D eigenvalue weighted by Gasteiger charge is -2.09. The van der Waals surface area contributed by atoms with Crippen molar-refractivity contribution in [2.45, 2.75) is 6.61 Å². The number of hydrogen-bond acceptors (Lipinski definition) is 7. The molecule has 0 fully saturated rings. The summed E-state index contributed by atoms with van der Waals surface area (Å²) in [7, 11) is 1.53. The second-order valence-electron chi connectivity index (χ2n) is 5.25. The molecule has 26 heavy (non-hydrogen) atoms. The van der Waals surface area contributed by atoms with Gasteiger partial charge in [0.2, 0.25) is 0 Å². The monoisotopic (exact) mass is 355 g/mol. The lowest BCUT2D eigenvalue weighted by molar-refractivity contribution is -0.384. The van der Waals surface area contributed by atoms with Crippen LogP contribution in [0.25, 0.3) is 0 Å². The summed E-state index contributed by atoms with van der Waals surface area (Å²) in [6.45, 7) is 0.690. The molecule has 0 amide bonds. The summed E-state index contributed by atoms with van der Waals surface area (Å²) < 4.78 is 10.1. The van der Waals surface area contributed by atoms with E-state index >= 15 is 0 Å². The minimum absolute atomic E-state index is 0.0587. The Morgan fingerprint density at radius 1 is 1.31 bits per heavy atom. The van der Waals surface area contributed by atoms with Crippen LogP contribution in [0.1, 0.15) is 21.5 Å². The molecule has 0 radical (unpaired) electrons. The van der Waals surface area contributed by atoms with E-state index in [1.165, 1.54) is 19.2 Å². The van der Waals surface area contributed by atoms with Crippen molar-refractivity contribution in [3.05, 3.63) is 69.3 Å². The van der Waals surface area contributed by atoms with Crippen molar-refractivity contribution in [2.75, 3.05) is 25.6 Å². The van der Waals surface area contributed by atoms with Crippen molar-refractivity contribution < 1.29 is 19.2 Å². The Morgan fingerprint density at radius 3 is 2.77 bits per heavy atom. The molecule has 0 saturated heterocycles. The van der Waals surface area contributed by atoms with E-state index < -0.39 is 10.9 Å². The van der Waals surface area contributed by atoms with Crippen LogP contribution < -0.4 is 5.32 Å². The zero-order valence-corrected chi connectivity index (χ0v) is 14.1. The zero-order valence-electron chi connectivity index (χ0n) is 14.1. The number of carbonyl (C=O) groups is 1. The summed E-state index contributed by atoms with van der Waals surface area (Å²) >= 11 is 0. The normalized spacial score (nSPS) is 10.0. The van der Waals surface area contributed by atoms with Crippen molar-refractivity contribution in [1.29, 1.82) is 5.26 Å². The molecule has 8 heteroatoms. The van der Waals surface area contributed by atoms with E-state index in [-0.39, 0.29) is 17.9 Å². The van der Waals surface area contributed by atoms with Crippen LogP contribution in [0.15, 0.2) is 42.5 Å². The highest BCUT2D eigenvalue weighted by Crippen LogP contribution is 2.26. The first-order valence-corrected chi connectivity index (χ1v) is 7.73. The Bertz CT molecular complexity index is 845. The second-order valence-corrected chi connectivity index (χ2v) is 5.25. The molecule has 8 nitrogen and oxygen atoms in total. The minimum Gasteiger partial charge on any atom is -0.457 e. The van der Waals surface area contributed by atoms with Gasteiger partial charge in [0.15, 0.2) is 0 Å². The molecule has 0 aromatic heterocycles. The van der Waals surface area contributed by atoms with Gasteiger partial charge < -0.3 is 14.8 Å². The molecule has 0 saturated carbocycles. The van der Waals surface area contributed by atoms with Crippen molar-refractivity contribution in [2.24, 2.45) is 0 Å². The molecule has 0 spiro atoms. The Morgan fingerprint density at radius 2 is 2.08 bits per heavy atom. The van der Waals surface area contributed by atoms with E-state index in [2.05, 4.69) is 5.32 Å². The van der Waals surface area contributed by atoms with Crippen LogP contribution in [0.5, 0.6) is 0 Å². The largest absolute Gasteiger partial charge is 0.457 e. The van der Waals surface area contributed by atoms with Gasteiger partial charge in [-0.2, -0.15) is 5.26 Å². The lowest BCUT2D eigenvalue weighted by Crippen LogP contribution is -2.11. The number of anilines is 1. The van der Waals surface area contributed by atoms with Crippen molar-refractivity contribution in [3.8, 4) is 6.07 Å². The molecular weight excluding hydrogens is 338 g/mol. The van der Waals surface area contributed by atoms with Crippen LogP contribution >= 0.6 is 0 Å². The summed E-state index contributed by atoms with van der Waals surface area (Å²) in [5.74, 6) is -0.704. The summed E-state index contributed by atoms with van der Waals surface area (Å²) in [4.78, 5) is 22.9. The number of esters is 1. The number of nitro benzene ring substituents is 1. The number of benzene rings is 2. The average molecular weight is 355 g/mol. The first kappa shape index (κ1) is 18.9. The highest BCUT2D eigenvalue weighted by atomic mass is 16.6. The van der Waals surface area contributed by atoms with E-state index in [1.807, 2.05) is 6.07 Å². The standard InChI is InChI=1S/C18H17N3O5/c1-25-9-8-20-16-7-6-13(10-17(16)21(23)24)18(22)26-12-15-5-3-2-4-14(15)11-19/h2-7,10,20H,8-9,12H2,1H3. The minimum atomic E-state index is -0.704. The third kappa shape index (κ3) is 4.78. The van der Waals surface area contributed by atoms with Gasteiger partial charge in [0.1, 0.15) is 12.3 Å². The quantitative estimate of drug-likeness (QED) is 0.335. The van der Waals surface area contributed by atoms with Gasteiger partial charge >= 0.3 is 5.97 Å². The highest BCUT2D eigenvalue weighted by Gasteiger charge is 2.18. The Labute approximate surface area is 150 Å². The predicted octanol–water partition coefficient (Wildman–Crippen LogP) is 2.88. The first-order chi connectivity index (χ1) is 12.6. The van der Waals surface area contributed by atoms with Gasteiger partial charge in [-0.15, -0.1) is 0 Å². The number of carbonyl (C=O) groups excluding carboxylic acids is 1. The van der Waals surface area contributed by atoms with Gasteiger partial charge in [-0.1, -0.05) is 18.2 Å². The summed E-state index contributed by atoms with van der Waals surface area (Å²) in [6.07, 6.45) is 0. The molecule has 0 unspecified atom stereocenters. The molecule has 0 aliphatic rings. The zero-order chi connectivity index (χ0) is 18.9. The van der Waals surface area contributed by atoms with Crippen LogP contribution in [0.2, 0.25) is 0 Å². The summed E-state index contributed by atoms with van der Waals surface area (Å²) in [5.41, 5.74) is 1.09. The number of methoxy groups -OCH3 is 1. The van der Waals surface area contributed by atoms with Crippen LogP contribution in [-0.2, 0) is 16.1 Å². The number of hydrogen-bond donors (Lipinski definition) is 1. The molecule has 1 N–H and O–H groups in total. The summed E-state index contributed by atoms with van der Waals surface area (Å²) in [5, 5.41) is 23.2. The second kappa shape index (κ2) is 9.15. The van der Waals surface area contributed by atoms with E-state index in [9.17, 15) is 14.9 Å². The Hall–Kier alpha value is -3.44. The average Bonchev–Trinajstić information content (AvgIpc) is 2.66. The van der Waals surface area contributed by atoms with Crippen LogP contribution in [0.4, 0.5) is 11.4 Å². The van der Waals surface area contributed by atoms with E-state index in [0.29, 0.717) is 30.0 Å². The first-order valence-electron chi connectivity index (χ1n) is 7.73. The fourth-order valence-electron chi connectivity index (χ4n) is 2.23. The highest BCUT2D eigenvalue weighted by molar-refractivity contribution is 5.91. The van der Waals surface area contributed by atoms with Crippen molar-refractivity contribution in [3.63, 3.8) is 0 Å². The number of ether oxygens (including phenoxy) is 2. The summed E-state index contributed by atoms with van der Waals surface area (Å²) in [6, 6.07) is 12.8. The van der Waals surface area contributed by atoms with Crippen LogP contribution in [-0.4, -0.2) is 31.2 Å². The van der Waals surface area contributed by atoms with E-state index in [0.717, 1.165) is 6.07 Å². The van der Waals surface area contributed by atoms with Gasteiger partial charge in [-0.3, -0.25) is 10.1 Å². The van der Waals surface area contributed by atoms with Crippen molar-refractivity contribution >= 4 is 17.3 Å². The number of nitro groups is 1. The van der Waals surface area contributed by atoms with Gasteiger partial charge in [0.05, 0.1) is 28.7 Å². The van der Waals surface area contributed by atoms with Gasteiger partial charge in [-0.25, -0.2) is 4.79 Å². The molecule has 134 valence electrons. The maximum atomic E-state index is 12.2. The number of nitrogens with one attached hydrogen (secondary N) is 1. The topological polar surface area (TPSA) is 114 Å². The van der Waals surface area contributed by atoms with E-state index in [1.54, 1.807) is 24.3 Å². The lowest BCUT2D eigenvalue weighted by atomic mass is 10.1. The Kier molecular flexibility index (Phi) is 6.65. The van der Waals surface area contributed by atoms with Crippen LogP contribution in [0.3, 0.4) is 0 Å². The molecule has 0 heterocycles. The third-order valence-electron chi connectivity index (χ3n) is 3.55. The fraction of sp³-hybridized carbons (Fsp3) is 0.222. The molecule has 0 aliphatic heterocycles. The number of nitriles is 1. The predicted molar refractivity (Wildman–Crippen MR) is 93.7 cm³/mol. The number of rotatable bonds is 8. The molecule has 2 aromatic rings. The third-order valence-corrected chi connectivity index (χ3v) is 3.55. The fourth-order valence-corrected chi connectivity index (χ4v) is 2.23. The molecule has 0 bridgehead atoms. The molecule has 0 aliphatic carbocycles. The molecule has 2 rings (SSSR count). The smallest absolute Gasteiger partial charge is 0.338 e. The van der Waals surface area contributed by atoms with Crippen LogP contribution in [0, 0.1) is 21.4 Å². The molecular formula is C18H17N3O5. The number of nitrogens with zero attached hydrogens (tertiary/aromatic N) is 2. The van der Waals surface area contributed by atoms with Gasteiger partial charge in [0, 0.05) is 25.3 Å². The molecule has 0 atom stereocenters. The van der Waals surface area contributed by atoms with Crippen molar-refractivity contribution in [1.82, 2.24) is 0 Å². The SMILES string of the molecule is COCCNc1ccc(C(=O)OCc2ccccc2C#N)cc1[N+](=O)[O-]. The van der Waals surface area contributed by atoms with Gasteiger partial charge in [-0.05, 0) is 18.2 Å². The Balaban J connectivity index is 2.12. The maximum absolute atomic E-state index is 12.2. The molecule has 2 aromatic carbocycles. The maximum Gasteiger partial charge on any atom is 0.338 e.